The van der Waals surface area contributed by atoms with Crippen LogP contribution < -0.4 is 10.5 Å². The van der Waals surface area contributed by atoms with Crippen LogP contribution in [0.5, 0.6) is 11.8 Å². The van der Waals surface area contributed by atoms with Crippen molar-refractivity contribution in [2.75, 3.05) is 5.73 Å². The van der Waals surface area contributed by atoms with Gasteiger partial charge in [-0.3, -0.25) is 0 Å². The third-order valence-electron chi connectivity index (χ3n) is 2.58. The maximum atomic E-state index is 13.1. The van der Waals surface area contributed by atoms with Gasteiger partial charge in [-0.15, -0.1) is 0 Å². The summed E-state index contributed by atoms with van der Waals surface area (Å²) in [6, 6.07) is 4.10. The van der Waals surface area contributed by atoms with Crippen molar-refractivity contribution in [2.45, 2.75) is 6.92 Å². The molecule has 0 atom stereocenters. The largest absolute Gasteiger partial charge is 0.424 e. The Morgan fingerprint density at radius 3 is 2.81 bits per heavy atom. The zero-order chi connectivity index (χ0) is 14.8. The van der Waals surface area contributed by atoms with Gasteiger partial charge in [-0.2, -0.15) is 24.7 Å². The summed E-state index contributed by atoms with van der Waals surface area (Å²) < 4.78 is 19.9. The number of benzene rings is 1. The van der Waals surface area contributed by atoms with Crippen molar-refractivity contribution in [3.8, 4) is 17.7 Å². The van der Waals surface area contributed by atoms with E-state index in [2.05, 4.69) is 25.0 Å². The highest BCUT2D eigenvalue weighted by molar-refractivity contribution is 5.35. The first-order chi connectivity index (χ1) is 10.1. The molecule has 1 aromatic carbocycles. The van der Waals surface area contributed by atoms with E-state index in [4.69, 9.17) is 10.5 Å². The van der Waals surface area contributed by atoms with Crippen LogP contribution in [0.15, 0.2) is 30.9 Å². The van der Waals surface area contributed by atoms with Gasteiger partial charge in [-0.05, 0) is 30.7 Å². The second-order valence-corrected chi connectivity index (χ2v) is 4.13. The maximum Gasteiger partial charge on any atom is 0.328 e. The van der Waals surface area contributed by atoms with E-state index in [1.807, 2.05) is 0 Å². The quantitative estimate of drug-likeness (QED) is 0.773. The molecule has 2 N–H and O–H groups in total. The van der Waals surface area contributed by atoms with Crippen LogP contribution in [-0.4, -0.2) is 29.7 Å². The number of nitrogens with two attached hydrogens (primary N) is 1. The molecule has 0 saturated carbocycles. The van der Waals surface area contributed by atoms with E-state index in [0.29, 0.717) is 11.3 Å². The third kappa shape index (κ3) is 2.76. The molecule has 0 bridgehead atoms. The molecular weight excluding hydrogens is 277 g/mol. The lowest BCUT2D eigenvalue weighted by Crippen LogP contribution is -2.08. The predicted octanol–water partition coefficient (Wildman–Crippen LogP) is 1.27. The normalized spacial score (nSPS) is 10.6. The van der Waals surface area contributed by atoms with Crippen LogP contribution in [0.3, 0.4) is 0 Å². The number of hydrogen-bond donors (Lipinski definition) is 1. The van der Waals surface area contributed by atoms with Crippen molar-refractivity contribution in [3.63, 3.8) is 0 Å². The van der Waals surface area contributed by atoms with Gasteiger partial charge in [0.25, 0.3) is 5.95 Å². The second-order valence-electron chi connectivity index (χ2n) is 4.13. The summed E-state index contributed by atoms with van der Waals surface area (Å²) in [6.07, 6.45) is 2.76. The Morgan fingerprint density at radius 2 is 2.10 bits per heavy atom. The molecule has 0 aliphatic heterocycles. The fourth-order valence-electron chi connectivity index (χ4n) is 1.65. The number of anilines is 1. The van der Waals surface area contributed by atoms with Gasteiger partial charge in [-0.1, -0.05) is 0 Å². The van der Waals surface area contributed by atoms with Crippen LogP contribution in [-0.2, 0) is 0 Å². The molecule has 0 aliphatic carbocycles. The fourth-order valence-corrected chi connectivity index (χ4v) is 1.65. The summed E-state index contributed by atoms with van der Waals surface area (Å²) in [4.78, 5) is 15.7. The molecule has 3 rings (SSSR count). The molecule has 21 heavy (non-hydrogen) atoms. The van der Waals surface area contributed by atoms with Crippen molar-refractivity contribution in [1.29, 1.82) is 0 Å². The van der Waals surface area contributed by atoms with Gasteiger partial charge in [-0.25, -0.2) is 9.37 Å². The zero-order valence-corrected chi connectivity index (χ0v) is 10.9. The minimum Gasteiger partial charge on any atom is -0.424 e. The number of hydrogen-bond acceptors (Lipinski definition) is 7. The molecule has 0 amide bonds. The summed E-state index contributed by atoms with van der Waals surface area (Å²) in [7, 11) is 0. The van der Waals surface area contributed by atoms with Crippen molar-refractivity contribution in [3.05, 3.63) is 42.2 Å². The molecule has 2 heterocycles. The summed E-state index contributed by atoms with van der Waals surface area (Å²) in [6.45, 7) is 1.71. The minimum absolute atomic E-state index is 0.0114. The maximum absolute atomic E-state index is 13.1. The molecule has 3 aromatic rings. The highest BCUT2D eigenvalue weighted by atomic mass is 19.1. The predicted molar refractivity (Wildman–Crippen MR) is 70.4 cm³/mol. The van der Waals surface area contributed by atoms with E-state index in [-0.39, 0.29) is 23.7 Å². The zero-order valence-electron chi connectivity index (χ0n) is 10.9. The molecule has 9 heteroatoms. The van der Waals surface area contributed by atoms with Crippen LogP contribution in [0.4, 0.5) is 10.3 Å². The third-order valence-corrected chi connectivity index (χ3v) is 2.58. The molecular formula is C12H10FN7O. The number of nitrogen functional groups attached to an aromatic ring is 1. The number of nitrogens with zero attached hydrogens (tertiary/aromatic N) is 6. The first-order valence-corrected chi connectivity index (χ1v) is 5.92. The summed E-state index contributed by atoms with van der Waals surface area (Å²) in [5.74, 6) is 0.227. The number of halogens is 1. The highest BCUT2D eigenvalue weighted by Crippen LogP contribution is 2.23. The molecule has 0 spiro atoms. The first kappa shape index (κ1) is 12.9. The lowest BCUT2D eigenvalue weighted by Gasteiger charge is -2.08. The van der Waals surface area contributed by atoms with Gasteiger partial charge in [0.1, 0.15) is 24.2 Å². The van der Waals surface area contributed by atoms with Crippen LogP contribution in [0, 0.1) is 12.7 Å². The SMILES string of the molecule is Cc1cc(F)ccc1Oc1nc(N)nc(-n2cncn2)n1. The van der Waals surface area contributed by atoms with Crippen LogP contribution in [0.1, 0.15) is 5.56 Å². The smallest absolute Gasteiger partial charge is 0.328 e. The van der Waals surface area contributed by atoms with Gasteiger partial charge >= 0.3 is 6.01 Å². The second kappa shape index (κ2) is 5.12. The highest BCUT2D eigenvalue weighted by Gasteiger charge is 2.10. The summed E-state index contributed by atoms with van der Waals surface area (Å²) in [5.41, 5.74) is 6.23. The topological polar surface area (TPSA) is 105 Å². The summed E-state index contributed by atoms with van der Waals surface area (Å²) >= 11 is 0. The lowest BCUT2D eigenvalue weighted by atomic mass is 10.2. The van der Waals surface area contributed by atoms with Gasteiger partial charge in [0, 0.05) is 0 Å². The molecule has 0 saturated heterocycles. The van der Waals surface area contributed by atoms with E-state index in [1.165, 1.54) is 35.5 Å². The van der Waals surface area contributed by atoms with Crippen molar-refractivity contribution >= 4 is 5.95 Å². The van der Waals surface area contributed by atoms with Crippen molar-refractivity contribution < 1.29 is 9.13 Å². The van der Waals surface area contributed by atoms with Gasteiger partial charge in [0.15, 0.2) is 0 Å². The van der Waals surface area contributed by atoms with Gasteiger partial charge in [0.2, 0.25) is 5.95 Å². The molecule has 2 aromatic heterocycles. The van der Waals surface area contributed by atoms with Crippen molar-refractivity contribution in [2.24, 2.45) is 0 Å². The Bertz CT molecular complexity index is 775. The van der Waals surface area contributed by atoms with Gasteiger partial charge in [0.05, 0.1) is 0 Å². The van der Waals surface area contributed by atoms with Crippen LogP contribution in [0.25, 0.3) is 5.95 Å². The lowest BCUT2D eigenvalue weighted by molar-refractivity contribution is 0.434. The molecule has 0 unspecified atom stereocenters. The van der Waals surface area contributed by atoms with E-state index in [9.17, 15) is 4.39 Å². The van der Waals surface area contributed by atoms with Gasteiger partial charge < -0.3 is 10.5 Å². The van der Waals surface area contributed by atoms with E-state index in [0.717, 1.165) is 0 Å². The van der Waals surface area contributed by atoms with Crippen LogP contribution in [0.2, 0.25) is 0 Å². The Labute approximate surface area is 118 Å². The Kier molecular flexibility index (Phi) is 3.14. The first-order valence-electron chi connectivity index (χ1n) is 5.92. The van der Waals surface area contributed by atoms with E-state index >= 15 is 0 Å². The molecule has 0 aliphatic rings. The number of aromatic nitrogens is 6. The Morgan fingerprint density at radius 1 is 1.24 bits per heavy atom. The number of ether oxygens (including phenoxy) is 1. The molecule has 8 nitrogen and oxygen atoms in total. The number of aryl methyl sites for hydroxylation is 1. The Hall–Kier alpha value is -3.10. The monoisotopic (exact) mass is 287 g/mol. The number of rotatable bonds is 3. The minimum atomic E-state index is -0.349. The average Bonchev–Trinajstić information content (AvgIpc) is 2.95. The average molecular weight is 287 g/mol. The standard InChI is InChI=1S/C12H10FN7O/c1-7-4-8(13)2-3-9(7)21-12-18-10(14)17-11(19-12)20-6-15-5-16-20/h2-6H,1H3,(H2,14,17,18,19). The van der Waals surface area contributed by atoms with E-state index < -0.39 is 0 Å². The van der Waals surface area contributed by atoms with Crippen molar-refractivity contribution in [1.82, 2.24) is 29.7 Å². The molecule has 0 fully saturated rings. The van der Waals surface area contributed by atoms with Crippen LogP contribution >= 0.6 is 0 Å². The molecule has 106 valence electrons. The molecule has 0 radical (unpaired) electrons. The Balaban J connectivity index is 1.95. The van der Waals surface area contributed by atoms with E-state index in [1.54, 1.807) is 6.92 Å². The summed E-state index contributed by atoms with van der Waals surface area (Å²) in [5, 5.41) is 3.90. The fraction of sp³-hybridized carbons (Fsp3) is 0.0833.